The number of rotatable bonds is 0. The molecule has 0 aromatic heterocycles. The van der Waals surface area contributed by atoms with Crippen molar-refractivity contribution >= 4 is 0 Å². The van der Waals surface area contributed by atoms with Gasteiger partial charge in [0.05, 0.1) is 6.10 Å². The van der Waals surface area contributed by atoms with Crippen LogP contribution in [0.1, 0.15) is 66.2 Å². The van der Waals surface area contributed by atoms with Crippen molar-refractivity contribution in [3.05, 3.63) is 11.1 Å². The molecule has 0 aromatic rings. The minimum absolute atomic E-state index is 0.178. The molecule has 23 heavy (non-hydrogen) atoms. The molecule has 4 aliphatic rings. The van der Waals surface area contributed by atoms with Crippen LogP contribution in [0.15, 0.2) is 11.1 Å². The fraction of sp³-hybridized carbons (Fsp3) is 0.900. The standard InChI is InChI=1S/C20H32O3/c1-18(2)7-5-8-20(4)16(18)6-9-19(3)14-12-23-22-11-13(14)15(21)10-17(19)20/h15-17,21H,5-12H2,1-4H3/t15-,16-,17-,19-,20-/m1/s1. The highest BCUT2D eigenvalue weighted by atomic mass is 17.2. The summed E-state index contributed by atoms with van der Waals surface area (Å²) in [5, 5.41) is 10.8. The summed E-state index contributed by atoms with van der Waals surface area (Å²) in [6, 6.07) is 0. The first kappa shape index (κ1) is 16.1. The van der Waals surface area contributed by atoms with E-state index in [1.165, 1.54) is 37.7 Å². The van der Waals surface area contributed by atoms with Crippen LogP contribution >= 0.6 is 0 Å². The first-order valence-electron chi connectivity index (χ1n) is 9.44. The third-order valence-corrected chi connectivity index (χ3v) is 8.23. The maximum atomic E-state index is 10.8. The van der Waals surface area contributed by atoms with Crippen LogP contribution in [0.2, 0.25) is 0 Å². The van der Waals surface area contributed by atoms with Gasteiger partial charge in [0.15, 0.2) is 0 Å². The van der Waals surface area contributed by atoms with E-state index in [2.05, 4.69) is 27.7 Å². The van der Waals surface area contributed by atoms with E-state index < -0.39 is 0 Å². The lowest BCUT2D eigenvalue weighted by Crippen LogP contribution is -2.58. The van der Waals surface area contributed by atoms with Crippen molar-refractivity contribution in [3.63, 3.8) is 0 Å². The molecule has 0 aromatic carbocycles. The van der Waals surface area contributed by atoms with Gasteiger partial charge in [0.1, 0.15) is 13.2 Å². The molecule has 5 atom stereocenters. The normalized spacial score (nSPS) is 49.2. The van der Waals surface area contributed by atoms with Crippen molar-refractivity contribution in [2.75, 3.05) is 13.2 Å². The van der Waals surface area contributed by atoms with E-state index in [9.17, 15) is 5.11 Å². The summed E-state index contributed by atoms with van der Waals surface area (Å²) in [6.07, 6.45) is 7.10. The van der Waals surface area contributed by atoms with Gasteiger partial charge in [-0.05, 0) is 71.3 Å². The summed E-state index contributed by atoms with van der Waals surface area (Å²) in [5.41, 5.74) is 3.42. The van der Waals surface area contributed by atoms with Crippen molar-refractivity contribution < 1.29 is 14.9 Å². The van der Waals surface area contributed by atoms with Crippen LogP contribution in [0.4, 0.5) is 0 Å². The Bertz CT molecular complexity index is 537. The molecule has 3 heteroatoms. The SMILES string of the molecule is CC1(C)CCC[C@]2(C)[C@@H]1CC[C@]1(C)C3=C(COOC3)[C@H](O)C[C@@H]21. The van der Waals surface area contributed by atoms with E-state index in [1.54, 1.807) is 0 Å². The van der Waals surface area contributed by atoms with E-state index in [0.717, 1.165) is 17.9 Å². The first-order chi connectivity index (χ1) is 10.8. The molecule has 0 unspecified atom stereocenters. The molecule has 1 heterocycles. The Kier molecular flexibility index (Phi) is 3.54. The first-order valence-corrected chi connectivity index (χ1v) is 9.44. The minimum atomic E-state index is -0.340. The Hall–Kier alpha value is -0.380. The number of hydrogen-bond donors (Lipinski definition) is 1. The van der Waals surface area contributed by atoms with Gasteiger partial charge in [-0.3, -0.25) is 0 Å². The second-order valence-electron chi connectivity index (χ2n) is 9.69. The summed E-state index contributed by atoms with van der Waals surface area (Å²) >= 11 is 0. The van der Waals surface area contributed by atoms with Gasteiger partial charge >= 0.3 is 0 Å². The van der Waals surface area contributed by atoms with Crippen LogP contribution < -0.4 is 0 Å². The predicted octanol–water partition coefficient (Wildman–Crippen LogP) is 4.26. The van der Waals surface area contributed by atoms with Gasteiger partial charge in [0.25, 0.3) is 0 Å². The molecule has 0 bridgehead atoms. The molecule has 3 aliphatic carbocycles. The molecule has 130 valence electrons. The van der Waals surface area contributed by atoms with Crippen LogP contribution in [0, 0.1) is 28.1 Å². The van der Waals surface area contributed by atoms with E-state index in [1.807, 2.05) is 0 Å². The maximum absolute atomic E-state index is 10.8. The molecule has 4 rings (SSSR count). The number of fused-ring (bicyclic) bond motifs is 4. The van der Waals surface area contributed by atoms with Crippen molar-refractivity contribution in [2.45, 2.75) is 72.3 Å². The summed E-state index contributed by atoms with van der Waals surface area (Å²) in [5.74, 6) is 1.33. The lowest BCUT2D eigenvalue weighted by atomic mass is 9.40. The fourth-order valence-corrected chi connectivity index (χ4v) is 7.12. The van der Waals surface area contributed by atoms with Gasteiger partial charge in [-0.15, -0.1) is 0 Å². The number of aliphatic hydroxyl groups is 1. The number of hydrogen-bond acceptors (Lipinski definition) is 3. The maximum Gasteiger partial charge on any atom is 0.106 e. The molecule has 0 radical (unpaired) electrons. The van der Waals surface area contributed by atoms with Crippen molar-refractivity contribution in [3.8, 4) is 0 Å². The van der Waals surface area contributed by atoms with Crippen molar-refractivity contribution in [1.29, 1.82) is 0 Å². The third kappa shape index (κ3) is 2.12. The topological polar surface area (TPSA) is 38.7 Å². The van der Waals surface area contributed by atoms with Gasteiger partial charge in [0.2, 0.25) is 0 Å². The lowest BCUT2D eigenvalue weighted by molar-refractivity contribution is -0.297. The Morgan fingerprint density at radius 1 is 0.957 bits per heavy atom. The molecule has 2 saturated carbocycles. The molecule has 0 saturated heterocycles. The highest BCUT2D eigenvalue weighted by Gasteiger charge is 2.61. The van der Waals surface area contributed by atoms with Crippen LogP contribution in [0.5, 0.6) is 0 Å². The van der Waals surface area contributed by atoms with Gasteiger partial charge in [-0.2, -0.15) is 0 Å². The molecule has 2 fully saturated rings. The molecule has 0 amide bonds. The Morgan fingerprint density at radius 2 is 1.70 bits per heavy atom. The molecular formula is C20H32O3. The zero-order valence-electron chi connectivity index (χ0n) is 15.2. The van der Waals surface area contributed by atoms with Gasteiger partial charge in [-0.25, -0.2) is 9.78 Å². The van der Waals surface area contributed by atoms with Gasteiger partial charge < -0.3 is 5.11 Å². The second-order valence-corrected chi connectivity index (χ2v) is 9.69. The van der Waals surface area contributed by atoms with E-state index in [0.29, 0.717) is 30.0 Å². The van der Waals surface area contributed by atoms with Crippen molar-refractivity contribution in [2.24, 2.45) is 28.1 Å². The monoisotopic (exact) mass is 320 g/mol. The zero-order chi connectivity index (χ0) is 16.5. The largest absolute Gasteiger partial charge is 0.389 e. The van der Waals surface area contributed by atoms with E-state index >= 15 is 0 Å². The van der Waals surface area contributed by atoms with Gasteiger partial charge in [-0.1, -0.05) is 34.1 Å². The molecule has 3 nitrogen and oxygen atoms in total. The summed E-state index contributed by atoms with van der Waals surface area (Å²) in [4.78, 5) is 10.5. The van der Waals surface area contributed by atoms with Gasteiger partial charge in [0, 0.05) is 0 Å². The summed E-state index contributed by atoms with van der Waals surface area (Å²) in [7, 11) is 0. The average molecular weight is 320 g/mol. The van der Waals surface area contributed by atoms with Crippen LogP contribution in [0.3, 0.4) is 0 Å². The third-order valence-electron chi connectivity index (χ3n) is 8.23. The smallest absolute Gasteiger partial charge is 0.106 e. The quantitative estimate of drug-likeness (QED) is 0.535. The average Bonchev–Trinajstić information content (AvgIpc) is 2.49. The van der Waals surface area contributed by atoms with Crippen LogP contribution in [-0.4, -0.2) is 24.4 Å². The molecule has 1 aliphatic heterocycles. The molecular weight excluding hydrogens is 288 g/mol. The summed E-state index contributed by atoms with van der Waals surface area (Å²) in [6.45, 7) is 10.9. The minimum Gasteiger partial charge on any atom is -0.389 e. The predicted molar refractivity (Wildman–Crippen MR) is 89.6 cm³/mol. The lowest BCUT2D eigenvalue weighted by Gasteiger charge is -2.65. The molecule has 0 spiro atoms. The Morgan fingerprint density at radius 3 is 2.48 bits per heavy atom. The van der Waals surface area contributed by atoms with Crippen molar-refractivity contribution in [1.82, 2.24) is 0 Å². The van der Waals surface area contributed by atoms with Crippen LogP contribution in [-0.2, 0) is 9.78 Å². The zero-order valence-corrected chi connectivity index (χ0v) is 15.2. The Balaban J connectivity index is 1.79. The Labute approximate surface area is 140 Å². The summed E-state index contributed by atoms with van der Waals surface area (Å²) < 4.78 is 0. The van der Waals surface area contributed by atoms with E-state index in [4.69, 9.17) is 9.78 Å². The highest BCUT2D eigenvalue weighted by Crippen LogP contribution is 2.68. The highest BCUT2D eigenvalue weighted by molar-refractivity contribution is 5.33. The molecule has 1 N–H and O–H groups in total. The second kappa shape index (κ2) is 5.06. The number of aliphatic hydroxyl groups excluding tert-OH is 1. The van der Waals surface area contributed by atoms with E-state index in [-0.39, 0.29) is 11.5 Å². The fourth-order valence-electron chi connectivity index (χ4n) is 7.12. The van der Waals surface area contributed by atoms with Crippen LogP contribution in [0.25, 0.3) is 0 Å².